The molecule has 0 spiro atoms. The van der Waals surface area contributed by atoms with E-state index in [1.807, 2.05) is 30.3 Å². The lowest BCUT2D eigenvalue weighted by atomic mass is 9.82. The van der Waals surface area contributed by atoms with E-state index in [9.17, 15) is 14.7 Å². The van der Waals surface area contributed by atoms with Gasteiger partial charge in [-0.05, 0) is 38.0 Å². The van der Waals surface area contributed by atoms with Gasteiger partial charge in [0.05, 0.1) is 10.3 Å². The number of amides is 1. The second-order valence-electron chi connectivity index (χ2n) is 6.95. The van der Waals surface area contributed by atoms with Crippen LogP contribution in [0.1, 0.15) is 35.0 Å². The molecule has 0 saturated carbocycles. The zero-order chi connectivity index (χ0) is 17.6. The second kappa shape index (κ2) is 5.88. The van der Waals surface area contributed by atoms with E-state index in [4.69, 9.17) is 4.74 Å². The van der Waals surface area contributed by atoms with Crippen LogP contribution in [-0.2, 0) is 11.4 Å². The highest BCUT2D eigenvalue weighted by atomic mass is 32.1. The molecule has 1 aromatic carbocycles. The molecule has 1 unspecified atom stereocenters. The van der Waals surface area contributed by atoms with Crippen molar-refractivity contribution in [3.63, 3.8) is 0 Å². The van der Waals surface area contributed by atoms with Gasteiger partial charge in [0.2, 0.25) is 0 Å². The Morgan fingerprint density at radius 2 is 2.12 bits per heavy atom. The summed E-state index contributed by atoms with van der Waals surface area (Å²) in [7, 11) is 0. The lowest BCUT2D eigenvalue weighted by Gasteiger charge is -2.37. The molecule has 130 valence electrons. The molecule has 1 fully saturated rings. The van der Waals surface area contributed by atoms with Gasteiger partial charge in [0.15, 0.2) is 0 Å². The summed E-state index contributed by atoms with van der Waals surface area (Å²) in [6.07, 6.45) is 1.32. The van der Waals surface area contributed by atoms with Crippen LogP contribution >= 0.6 is 11.3 Å². The maximum absolute atomic E-state index is 12.9. The van der Waals surface area contributed by atoms with Gasteiger partial charge in [0.1, 0.15) is 12.4 Å². The molecule has 6 heteroatoms. The van der Waals surface area contributed by atoms with Crippen molar-refractivity contribution in [2.45, 2.75) is 26.4 Å². The minimum absolute atomic E-state index is 0.0796. The topological polar surface area (TPSA) is 66.8 Å². The lowest BCUT2D eigenvalue weighted by molar-refractivity contribution is -0.150. The van der Waals surface area contributed by atoms with Gasteiger partial charge >= 0.3 is 5.97 Å². The molecule has 1 saturated heterocycles. The van der Waals surface area contributed by atoms with E-state index >= 15 is 0 Å². The van der Waals surface area contributed by atoms with Gasteiger partial charge in [0.25, 0.3) is 5.91 Å². The van der Waals surface area contributed by atoms with E-state index < -0.39 is 11.4 Å². The molecule has 0 bridgehead atoms. The fourth-order valence-corrected chi connectivity index (χ4v) is 4.71. The molecule has 3 heterocycles. The molecule has 1 N–H and O–H groups in total. The van der Waals surface area contributed by atoms with Crippen molar-refractivity contribution >= 4 is 23.2 Å². The smallest absolute Gasteiger partial charge is 0.311 e. The Balaban J connectivity index is 1.63. The van der Waals surface area contributed by atoms with Crippen molar-refractivity contribution < 1.29 is 19.4 Å². The summed E-state index contributed by atoms with van der Waals surface area (Å²) in [6, 6.07) is 9.72. The number of ether oxygens (including phenoxy) is 1. The van der Waals surface area contributed by atoms with Gasteiger partial charge in [0, 0.05) is 29.1 Å². The number of carboxylic acid groups (broad SMARTS) is 1. The standard InChI is InChI=1S/C19H19NO4S/c1-19(18(22)23)7-4-8-20(11-19)17(21)15-9-12-10-24-14-6-3-2-5-13(14)16(12)25-15/h2-3,5-6,9H,4,7-8,10-11H2,1H3,(H,22,23). The maximum Gasteiger partial charge on any atom is 0.311 e. The molecule has 2 aromatic rings. The van der Waals surface area contributed by atoms with Crippen molar-refractivity contribution in [1.82, 2.24) is 4.90 Å². The average molecular weight is 357 g/mol. The third kappa shape index (κ3) is 2.70. The summed E-state index contributed by atoms with van der Waals surface area (Å²) in [5, 5.41) is 9.46. The molecule has 0 aliphatic carbocycles. The molecule has 1 atom stereocenters. The SMILES string of the molecule is CC1(C(=O)O)CCCN(C(=O)c2cc3c(s2)-c2ccccc2OC3)C1. The predicted octanol–water partition coefficient (Wildman–Crippen LogP) is 3.63. The van der Waals surface area contributed by atoms with E-state index in [2.05, 4.69) is 0 Å². The first-order valence-electron chi connectivity index (χ1n) is 8.35. The number of hydrogen-bond acceptors (Lipinski definition) is 4. The van der Waals surface area contributed by atoms with Gasteiger partial charge in [-0.1, -0.05) is 12.1 Å². The van der Waals surface area contributed by atoms with Gasteiger partial charge < -0.3 is 14.7 Å². The van der Waals surface area contributed by atoms with Crippen LogP contribution in [0.4, 0.5) is 0 Å². The minimum atomic E-state index is -0.861. The zero-order valence-electron chi connectivity index (χ0n) is 13.9. The molecule has 2 aliphatic rings. The largest absolute Gasteiger partial charge is 0.488 e. The number of piperidine rings is 1. The van der Waals surface area contributed by atoms with Gasteiger partial charge in [-0.25, -0.2) is 0 Å². The van der Waals surface area contributed by atoms with Crippen LogP contribution in [0.15, 0.2) is 30.3 Å². The molecule has 2 aliphatic heterocycles. The first kappa shape index (κ1) is 16.1. The summed E-state index contributed by atoms with van der Waals surface area (Å²) < 4.78 is 5.76. The van der Waals surface area contributed by atoms with Crippen LogP contribution in [-0.4, -0.2) is 35.0 Å². The third-order valence-corrected chi connectivity index (χ3v) is 6.23. The number of carboxylic acids is 1. The van der Waals surface area contributed by atoms with Crippen molar-refractivity contribution in [2.24, 2.45) is 5.41 Å². The summed E-state index contributed by atoms with van der Waals surface area (Å²) in [4.78, 5) is 27.9. The third-order valence-electron chi connectivity index (χ3n) is 5.03. The Bertz CT molecular complexity index is 859. The normalized spacial score (nSPS) is 21.9. The minimum Gasteiger partial charge on any atom is -0.488 e. The quantitative estimate of drug-likeness (QED) is 0.891. The summed E-state index contributed by atoms with van der Waals surface area (Å²) in [5.74, 6) is -0.0749. The number of thiophene rings is 1. The number of nitrogens with zero attached hydrogens (tertiary/aromatic N) is 1. The van der Waals surface area contributed by atoms with Crippen LogP contribution < -0.4 is 4.74 Å². The van der Waals surface area contributed by atoms with Crippen LogP contribution in [0.2, 0.25) is 0 Å². The molecule has 5 nitrogen and oxygen atoms in total. The number of rotatable bonds is 2. The highest BCUT2D eigenvalue weighted by Gasteiger charge is 2.40. The van der Waals surface area contributed by atoms with Crippen LogP contribution in [0.25, 0.3) is 10.4 Å². The van der Waals surface area contributed by atoms with E-state index in [1.165, 1.54) is 11.3 Å². The van der Waals surface area contributed by atoms with Crippen molar-refractivity contribution in [3.05, 3.63) is 40.8 Å². The molecule has 0 radical (unpaired) electrons. The number of carbonyl (C=O) groups excluding carboxylic acids is 1. The van der Waals surface area contributed by atoms with Crippen LogP contribution in [0.3, 0.4) is 0 Å². The maximum atomic E-state index is 12.9. The fourth-order valence-electron chi connectivity index (χ4n) is 3.55. The molecule has 25 heavy (non-hydrogen) atoms. The van der Waals surface area contributed by atoms with E-state index in [1.54, 1.807) is 11.8 Å². The molecule has 1 amide bonds. The Morgan fingerprint density at radius 3 is 2.92 bits per heavy atom. The Morgan fingerprint density at radius 1 is 1.32 bits per heavy atom. The molecular formula is C19H19NO4S. The highest BCUT2D eigenvalue weighted by Crippen LogP contribution is 2.43. The van der Waals surface area contributed by atoms with Crippen LogP contribution in [0, 0.1) is 5.41 Å². The summed E-state index contributed by atoms with van der Waals surface area (Å²) >= 11 is 1.47. The number of fused-ring (bicyclic) bond motifs is 3. The number of para-hydroxylation sites is 1. The lowest BCUT2D eigenvalue weighted by Crippen LogP contribution is -2.48. The first-order chi connectivity index (χ1) is 12.0. The molecular weight excluding hydrogens is 338 g/mol. The number of benzene rings is 1. The van der Waals surface area contributed by atoms with Crippen molar-refractivity contribution in [3.8, 4) is 16.2 Å². The Labute approximate surface area is 149 Å². The van der Waals surface area contributed by atoms with Gasteiger partial charge in [-0.3, -0.25) is 9.59 Å². The fraction of sp³-hybridized carbons (Fsp3) is 0.368. The van der Waals surface area contributed by atoms with E-state index in [-0.39, 0.29) is 12.5 Å². The predicted molar refractivity (Wildman–Crippen MR) is 95.0 cm³/mol. The van der Waals surface area contributed by atoms with Gasteiger partial charge in [-0.2, -0.15) is 0 Å². The summed E-state index contributed by atoms with van der Waals surface area (Å²) in [6.45, 7) is 3.05. The van der Waals surface area contributed by atoms with E-state index in [0.29, 0.717) is 30.9 Å². The number of aliphatic carboxylic acids is 1. The zero-order valence-corrected chi connectivity index (χ0v) is 14.8. The first-order valence-corrected chi connectivity index (χ1v) is 9.17. The second-order valence-corrected chi connectivity index (χ2v) is 8.00. The number of carbonyl (C=O) groups is 2. The summed E-state index contributed by atoms with van der Waals surface area (Å²) in [5.41, 5.74) is 1.17. The highest BCUT2D eigenvalue weighted by molar-refractivity contribution is 7.17. The molecule has 1 aromatic heterocycles. The number of hydrogen-bond donors (Lipinski definition) is 1. The Hall–Kier alpha value is -2.34. The van der Waals surface area contributed by atoms with Crippen molar-refractivity contribution in [2.75, 3.05) is 13.1 Å². The molecule has 4 rings (SSSR count). The Kier molecular flexibility index (Phi) is 3.80. The monoisotopic (exact) mass is 357 g/mol. The van der Waals surface area contributed by atoms with Crippen molar-refractivity contribution in [1.29, 1.82) is 0 Å². The van der Waals surface area contributed by atoms with E-state index in [0.717, 1.165) is 21.8 Å². The number of likely N-dealkylation sites (tertiary alicyclic amines) is 1. The van der Waals surface area contributed by atoms with Crippen LogP contribution in [0.5, 0.6) is 5.75 Å². The van der Waals surface area contributed by atoms with Gasteiger partial charge in [-0.15, -0.1) is 11.3 Å². The average Bonchev–Trinajstić information content (AvgIpc) is 3.05.